The summed E-state index contributed by atoms with van der Waals surface area (Å²) in [4.78, 5) is 52.5. The molecular formula is C19H27N3O6. The highest BCUT2D eigenvalue weighted by atomic mass is 16.5. The SMILES string of the molecule is COC(=O)C(NC(=O)c1cncc(C(=O)NC(C(=O)OC)C(C)C)c1)C(C)C. The lowest BCUT2D eigenvalue weighted by atomic mass is 10.0. The predicted molar refractivity (Wildman–Crippen MR) is 100 cm³/mol. The van der Waals surface area contributed by atoms with Crippen LogP contribution in [0.2, 0.25) is 0 Å². The highest BCUT2D eigenvalue weighted by molar-refractivity contribution is 6.01. The second-order valence-electron chi connectivity index (χ2n) is 6.90. The first-order valence-corrected chi connectivity index (χ1v) is 8.84. The highest BCUT2D eigenvalue weighted by Crippen LogP contribution is 2.09. The van der Waals surface area contributed by atoms with E-state index in [0.717, 1.165) is 0 Å². The van der Waals surface area contributed by atoms with Crippen LogP contribution in [0.1, 0.15) is 48.4 Å². The van der Waals surface area contributed by atoms with Crippen LogP contribution in [0, 0.1) is 11.8 Å². The Kier molecular flexibility index (Phi) is 8.56. The smallest absolute Gasteiger partial charge is 0.328 e. The molecule has 0 radical (unpaired) electrons. The van der Waals surface area contributed by atoms with Gasteiger partial charge in [0.15, 0.2) is 0 Å². The van der Waals surface area contributed by atoms with Gasteiger partial charge in [0.25, 0.3) is 11.8 Å². The minimum atomic E-state index is -0.834. The van der Waals surface area contributed by atoms with E-state index in [1.165, 1.54) is 32.7 Å². The molecule has 0 saturated carbocycles. The topological polar surface area (TPSA) is 124 Å². The van der Waals surface area contributed by atoms with Crippen LogP contribution < -0.4 is 10.6 Å². The van der Waals surface area contributed by atoms with Crippen molar-refractivity contribution in [1.82, 2.24) is 15.6 Å². The molecule has 0 spiro atoms. The number of hydrogen-bond acceptors (Lipinski definition) is 7. The molecule has 0 aliphatic carbocycles. The standard InChI is InChI=1S/C19H27N3O6/c1-10(2)14(18(25)27-5)21-16(23)12-7-13(9-20-8-12)17(24)22-15(11(3)4)19(26)28-6/h7-11,14-15H,1-6H3,(H,21,23)(H,22,24). The van der Waals surface area contributed by atoms with Crippen LogP contribution in [-0.2, 0) is 19.1 Å². The molecule has 1 aromatic rings. The molecule has 0 saturated heterocycles. The van der Waals surface area contributed by atoms with Gasteiger partial charge in [-0.05, 0) is 17.9 Å². The number of rotatable bonds is 8. The van der Waals surface area contributed by atoms with E-state index in [-0.39, 0.29) is 23.0 Å². The van der Waals surface area contributed by atoms with Crippen molar-refractivity contribution in [2.24, 2.45) is 11.8 Å². The summed E-state index contributed by atoms with van der Waals surface area (Å²) in [5.74, 6) is -2.66. The molecule has 0 bridgehead atoms. The largest absolute Gasteiger partial charge is 0.467 e. The molecule has 0 aliphatic heterocycles. The van der Waals surface area contributed by atoms with Crippen LogP contribution in [0.3, 0.4) is 0 Å². The predicted octanol–water partition coefficient (Wildman–Crippen LogP) is 0.936. The zero-order chi connectivity index (χ0) is 21.4. The van der Waals surface area contributed by atoms with Crippen molar-refractivity contribution in [2.45, 2.75) is 39.8 Å². The molecule has 9 heteroatoms. The van der Waals surface area contributed by atoms with E-state index < -0.39 is 35.8 Å². The average Bonchev–Trinajstić information content (AvgIpc) is 2.68. The zero-order valence-electron chi connectivity index (χ0n) is 16.9. The van der Waals surface area contributed by atoms with Gasteiger partial charge in [-0.3, -0.25) is 14.6 Å². The van der Waals surface area contributed by atoms with Crippen LogP contribution in [0.25, 0.3) is 0 Å². The number of carbonyl (C=O) groups is 4. The average molecular weight is 393 g/mol. The Bertz CT molecular complexity index is 675. The fraction of sp³-hybridized carbons (Fsp3) is 0.526. The van der Waals surface area contributed by atoms with Gasteiger partial charge in [0.05, 0.1) is 25.3 Å². The molecule has 1 heterocycles. The Morgan fingerprint density at radius 1 is 0.786 bits per heavy atom. The summed E-state index contributed by atoms with van der Waals surface area (Å²) in [5.41, 5.74) is 0.197. The summed E-state index contributed by atoms with van der Waals surface area (Å²) in [7, 11) is 2.48. The van der Waals surface area contributed by atoms with Crippen molar-refractivity contribution in [3.63, 3.8) is 0 Å². The lowest BCUT2D eigenvalue weighted by Crippen LogP contribution is -2.45. The van der Waals surface area contributed by atoms with Crippen LogP contribution in [0.4, 0.5) is 0 Å². The van der Waals surface area contributed by atoms with Crippen LogP contribution >= 0.6 is 0 Å². The van der Waals surface area contributed by atoms with E-state index in [1.807, 2.05) is 0 Å². The molecule has 1 aromatic heterocycles. The summed E-state index contributed by atoms with van der Waals surface area (Å²) in [5, 5.41) is 5.15. The van der Waals surface area contributed by atoms with Crippen molar-refractivity contribution >= 4 is 23.8 Å². The number of methoxy groups -OCH3 is 2. The van der Waals surface area contributed by atoms with Gasteiger partial charge in [-0.1, -0.05) is 27.7 Å². The van der Waals surface area contributed by atoms with Crippen molar-refractivity contribution in [1.29, 1.82) is 0 Å². The maximum atomic E-state index is 12.5. The summed E-state index contributed by atoms with van der Waals surface area (Å²) >= 11 is 0. The molecule has 0 aromatic carbocycles. The first-order valence-electron chi connectivity index (χ1n) is 8.84. The van der Waals surface area contributed by atoms with Gasteiger partial charge in [-0.25, -0.2) is 9.59 Å². The molecule has 0 fully saturated rings. The Balaban J connectivity index is 2.98. The second kappa shape index (κ2) is 10.4. The fourth-order valence-corrected chi connectivity index (χ4v) is 2.39. The van der Waals surface area contributed by atoms with Crippen LogP contribution in [-0.4, -0.2) is 55.0 Å². The number of nitrogens with one attached hydrogen (secondary N) is 2. The second-order valence-corrected chi connectivity index (χ2v) is 6.90. The van der Waals surface area contributed by atoms with Crippen LogP contribution in [0.5, 0.6) is 0 Å². The van der Waals surface area contributed by atoms with Crippen molar-refractivity contribution in [3.8, 4) is 0 Å². The number of hydrogen-bond donors (Lipinski definition) is 2. The highest BCUT2D eigenvalue weighted by Gasteiger charge is 2.27. The molecular weight excluding hydrogens is 366 g/mol. The number of pyridine rings is 1. The van der Waals surface area contributed by atoms with E-state index >= 15 is 0 Å². The minimum absolute atomic E-state index is 0.0985. The third-order valence-electron chi connectivity index (χ3n) is 4.08. The van der Waals surface area contributed by atoms with Gasteiger partial charge in [-0.15, -0.1) is 0 Å². The minimum Gasteiger partial charge on any atom is -0.467 e. The fourth-order valence-electron chi connectivity index (χ4n) is 2.39. The first kappa shape index (κ1) is 23.1. The Hall–Kier alpha value is -2.97. The van der Waals surface area contributed by atoms with Crippen molar-refractivity contribution in [2.75, 3.05) is 14.2 Å². The van der Waals surface area contributed by atoms with E-state index in [9.17, 15) is 19.2 Å². The summed E-state index contributed by atoms with van der Waals surface area (Å²) in [6.45, 7) is 7.07. The number of aromatic nitrogens is 1. The molecule has 2 N–H and O–H groups in total. The number of carbonyl (C=O) groups excluding carboxylic acids is 4. The lowest BCUT2D eigenvalue weighted by molar-refractivity contribution is -0.144. The third-order valence-corrected chi connectivity index (χ3v) is 4.08. The molecule has 154 valence electrons. The van der Waals surface area contributed by atoms with Crippen molar-refractivity contribution < 1.29 is 28.7 Å². The molecule has 28 heavy (non-hydrogen) atoms. The van der Waals surface area contributed by atoms with Crippen molar-refractivity contribution in [3.05, 3.63) is 29.6 Å². The third kappa shape index (κ3) is 6.04. The van der Waals surface area contributed by atoms with Crippen LogP contribution in [0.15, 0.2) is 18.5 Å². The van der Waals surface area contributed by atoms with E-state index in [2.05, 4.69) is 15.6 Å². The number of esters is 2. The van der Waals surface area contributed by atoms with Gasteiger partial charge < -0.3 is 20.1 Å². The van der Waals surface area contributed by atoms with Gasteiger partial charge in [0.2, 0.25) is 0 Å². The molecule has 0 aliphatic rings. The number of amides is 2. The number of nitrogens with zero attached hydrogens (tertiary/aromatic N) is 1. The molecule has 9 nitrogen and oxygen atoms in total. The maximum absolute atomic E-state index is 12.5. The molecule has 2 amide bonds. The van der Waals surface area contributed by atoms with E-state index in [0.29, 0.717) is 0 Å². The van der Waals surface area contributed by atoms with E-state index in [1.54, 1.807) is 27.7 Å². The summed E-state index contributed by atoms with van der Waals surface area (Å²) in [6.07, 6.45) is 2.56. The monoisotopic (exact) mass is 393 g/mol. The Morgan fingerprint density at radius 3 is 1.43 bits per heavy atom. The maximum Gasteiger partial charge on any atom is 0.328 e. The first-order chi connectivity index (χ1) is 13.1. The van der Waals surface area contributed by atoms with Gasteiger partial charge >= 0.3 is 11.9 Å². The number of ether oxygens (including phenoxy) is 2. The quantitative estimate of drug-likeness (QED) is 0.630. The van der Waals surface area contributed by atoms with Gasteiger partial charge in [0, 0.05) is 12.4 Å². The Labute approximate surface area is 164 Å². The normalized spacial score (nSPS) is 12.9. The van der Waals surface area contributed by atoms with Gasteiger partial charge in [-0.2, -0.15) is 0 Å². The summed E-state index contributed by atoms with van der Waals surface area (Å²) < 4.78 is 9.39. The molecule has 2 atom stereocenters. The van der Waals surface area contributed by atoms with Gasteiger partial charge in [0.1, 0.15) is 12.1 Å². The zero-order valence-corrected chi connectivity index (χ0v) is 16.9. The Morgan fingerprint density at radius 2 is 1.14 bits per heavy atom. The molecule has 2 unspecified atom stereocenters. The molecule has 1 rings (SSSR count). The summed E-state index contributed by atoms with van der Waals surface area (Å²) in [6, 6.07) is -0.333. The van der Waals surface area contributed by atoms with E-state index in [4.69, 9.17) is 9.47 Å². The lowest BCUT2D eigenvalue weighted by Gasteiger charge is -2.20.